The van der Waals surface area contributed by atoms with Gasteiger partial charge in [-0.05, 0) is 54.8 Å². The van der Waals surface area contributed by atoms with Crippen LogP contribution in [0.25, 0.3) is 0 Å². The number of aliphatic carboxylic acids is 1. The first-order valence-electron chi connectivity index (χ1n) is 9.46. The number of sulfonamides is 1. The van der Waals surface area contributed by atoms with Crippen molar-refractivity contribution in [2.24, 2.45) is 0 Å². The quantitative estimate of drug-likeness (QED) is 0.594. The second kappa shape index (κ2) is 10.2. The average Bonchev–Trinajstić information content (AvgIpc) is 2.71. The Hall–Kier alpha value is -2.91. The van der Waals surface area contributed by atoms with Crippen LogP contribution in [0.2, 0.25) is 0 Å². The van der Waals surface area contributed by atoms with Crippen molar-refractivity contribution in [2.75, 3.05) is 26.0 Å². The van der Waals surface area contributed by atoms with E-state index in [1.54, 1.807) is 18.2 Å². The maximum atomic E-state index is 12.7. The topological polar surface area (TPSA) is 113 Å². The van der Waals surface area contributed by atoms with E-state index in [9.17, 15) is 18.0 Å². The summed E-state index contributed by atoms with van der Waals surface area (Å²) in [6.07, 6.45) is 1.09. The van der Waals surface area contributed by atoms with Crippen LogP contribution in [0.4, 0.5) is 5.69 Å². The van der Waals surface area contributed by atoms with Gasteiger partial charge in [0.05, 0.1) is 17.2 Å². The number of ether oxygens (including phenoxy) is 1. The first kappa shape index (κ1) is 23.4. The van der Waals surface area contributed by atoms with Gasteiger partial charge in [0.1, 0.15) is 5.75 Å². The lowest BCUT2D eigenvalue weighted by molar-refractivity contribution is -0.136. The molecule has 8 nitrogen and oxygen atoms in total. The molecule has 0 saturated heterocycles. The molecule has 0 aliphatic heterocycles. The summed E-state index contributed by atoms with van der Waals surface area (Å²) in [5.41, 5.74) is 1.47. The minimum absolute atomic E-state index is 0.0235. The van der Waals surface area contributed by atoms with Gasteiger partial charge in [-0.1, -0.05) is 13.0 Å². The van der Waals surface area contributed by atoms with E-state index in [-0.39, 0.29) is 16.9 Å². The SMILES string of the molecule is CCCOc1ccc(CCC(=O)O)cc1NC(=O)c1ccc(S(=O)(=O)N(C)C)cc1. The molecule has 30 heavy (non-hydrogen) atoms. The van der Waals surface area contributed by atoms with E-state index in [0.717, 1.165) is 16.3 Å². The van der Waals surface area contributed by atoms with Crippen LogP contribution in [0.3, 0.4) is 0 Å². The molecule has 162 valence electrons. The summed E-state index contributed by atoms with van der Waals surface area (Å²) in [6, 6.07) is 10.8. The van der Waals surface area contributed by atoms with Gasteiger partial charge < -0.3 is 15.2 Å². The molecule has 0 bridgehead atoms. The van der Waals surface area contributed by atoms with E-state index in [2.05, 4.69) is 5.32 Å². The van der Waals surface area contributed by atoms with Gasteiger partial charge in [0.15, 0.2) is 0 Å². The fraction of sp³-hybridized carbons (Fsp3) is 0.333. The molecule has 0 aliphatic rings. The minimum Gasteiger partial charge on any atom is -0.491 e. The van der Waals surface area contributed by atoms with Crippen LogP contribution in [-0.2, 0) is 21.2 Å². The maximum Gasteiger partial charge on any atom is 0.303 e. The van der Waals surface area contributed by atoms with Crippen LogP contribution in [0.5, 0.6) is 5.75 Å². The number of hydrogen-bond donors (Lipinski definition) is 2. The van der Waals surface area contributed by atoms with Crippen molar-refractivity contribution in [1.82, 2.24) is 4.31 Å². The van der Waals surface area contributed by atoms with Crippen LogP contribution in [0.1, 0.15) is 35.7 Å². The predicted octanol–water partition coefficient (Wildman–Crippen LogP) is 3.00. The van der Waals surface area contributed by atoms with Crippen molar-refractivity contribution in [1.29, 1.82) is 0 Å². The van der Waals surface area contributed by atoms with Crippen molar-refractivity contribution >= 4 is 27.6 Å². The number of anilines is 1. The molecule has 0 fully saturated rings. The van der Waals surface area contributed by atoms with Gasteiger partial charge in [-0.3, -0.25) is 9.59 Å². The summed E-state index contributed by atoms with van der Waals surface area (Å²) < 4.78 is 31.1. The Bertz CT molecular complexity index is 1000. The normalized spacial score (nSPS) is 11.3. The largest absolute Gasteiger partial charge is 0.491 e. The summed E-state index contributed by atoms with van der Waals surface area (Å²) in [5.74, 6) is -0.851. The van der Waals surface area contributed by atoms with E-state index in [0.29, 0.717) is 24.5 Å². The van der Waals surface area contributed by atoms with Gasteiger partial charge in [-0.2, -0.15) is 0 Å². The highest BCUT2D eigenvalue weighted by atomic mass is 32.2. The monoisotopic (exact) mass is 434 g/mol. The highest BCUT2D eigenvalue weighted by Crippen LogP contribution is 2.27. The molecule has 0 aliphatic carbocycles. The van der Waals surface area contributed by atoms with E-state index >= 15 is 0 Å². The highest BCUT2D eigenvalue weighted by Gasteiger charge is 2.18. The van der Waals surface area contributed by atoms with Gasteiger partial charge in [0.25, 0.3) is 5.91 Å². The Kier molecular flexibility index (Phi) is 7.96. The number of aryl methyl sites for hydroxylation is 1. The third-order valence-corrected chi connectivity index (χ3v) is 6.11. The summed E-state index contributed by atoms with van der Waals surface area (Å²) in [5, 5.41) is 11.7. The number of rotatable bonds is 10. The molecule has 0 aromatic heterocycles. The lowest BCUT2D eigenvalue weighted by Crippen LogP contribution is -2.22. The number of carboxylic acid groups (broad SMARTS) is 1. The van der Waals surface area contributed by atoms with E-state index in [4.69, 9.17) is 9.84 Å². The van der Waals surface area contributed by atoms with Gasteiger partial charge in [-0.15, -0.1) is 0 Å². The molecule has 2 rings (SSSR count). The molecule has 0 radical (unpaired) electrons. The number of nitrogens with one attached hydrogen (secondary N) is 1. The maximum absolute atomic E-state index is 12.7. The number of carbonyl (C=O) groups is 2. The summed E-state index contributed by atoms with van der Waals surface area (Å²) in [7, 11) is -0.709. The molecule has 0 saturated carbocycles. The fourth-order valence-electron chi connectivity index (χ4n) is 2.60. The van der Waals surface area contributed by atoms with Gasteiger partial charge in [0.2, 0.25) is 10.0 Å². The number of amides is 1. The van der Waals surface area contributed by atoms with Crippen molar-refractivity contribution < 1.29 is 27.9 Å². The van der Waals surface area contributed by atoms with Gasteiger partial charge in [0, 0.05) is 26.1 Å². The highest BCUT2D eigenvalue weighted by molar-refractivity contribution is 7.89. The Balaban J connectivity index is 2.24. The molecule has 1 amide bonds. The molecule has 0 atom stereocenters. The second-order valence-corrected chi connectivity index (χ2v) is 8.99. The minimum atomic E-state index is -3.58. The smallest absolute Gasteiger partial charge is 0.303 e. The number of benzene rings is 2. The fourth-order valence-corrected chi connectivity index (χ4v) is 3.50. The lowest BCUT2D eigenvalue weighted by atomic mass is 10.1. The van der Waals surface area contributed by atoms with E-state index in [1.165, 1.54) is 38.4 Å². The molecule has 2 aromatic carbocycles. The molecule has 0 heterocycles. The van der Waals surface area contributed by atoms with Crippen molar-refractivity contribution in [2.45, 2.75) is 31.1 Å². The summed E-state index contributed by atoms with van der Waals surface area (Å²) >= 11 is 0. The summed E-state index contributed by atoms with van der Waals surface area (Å²) in [6.45, 7) is 2.43. The molecule has 9 heteroatoms. The van der Waals surface area contributed by atoms with Crippen LogP contribution in [0.15, 0.2) is 47.4 Å². The number of carboxylic acids is 1. The third-order valence-electron chi connectivity index (χ3n) is 4.28. The first-order valence-corrected chi connectivity index (χ1v) is 10.9. The van der Waals surface area contributed by atoms with Crippen molar-refractivity contribution in [3.63, 3.8) is 0 Å². The number of carbonyl (C=O) groups excluding carboxylic acids is 1. The number of hydrogen-bond acceptors (Lipinski definition) is 5. The molecule has 2 aromatic rings. The molecule has 2 N–H and O–H groups in total. The van der Waals surface area contributed by atoms with E-state index < -0.39 is 21.9 Å². The standard InChI is InChI=1S/C21H26N2O6S/c1-4-13-29-19-11-5-15(6-12-20(24)25)14-18(19)22-21(26)16-7-9-17(10-8-16)30(27,28)23(2)3/h5,7-11,14H,4,6,12-13H2,1-3H3,(H,22,26)(H,24,25). The van der Waals surface area contributed by atoms with E-state index in [1.807, 2.05) is 6.92 Å². The van der Waals surface area contributed by atoms with Crippen LogP contribution in [0, 0.1) is 0 Å². The molecular formula is C21H26N2O6S. The van der Waals surface area contributed by atoms with Gasteiger partial charge >= 0.3 is 5.97 Å². The van der Waals surface area contributed by atoms with Gasteiger partial charge in [-0.25, -0.2) is 12.7 Å². The third kappa shape index (κ3) is 6.04. The van der Waals surface area contributed by atoms with Crippen LogP contribution >= 0.6 is 0 Å². The molecular weight excluding hydrogens is 408 g/mol. The average molecular weight is 435 g/mol. The summed E-state index contributed by atoms with van der Waals surface area (Å²) in [4.78, 5) is 23.6. The first-order chi connectivity index (χ1) is 14.1. The zero-order valence-electron chi connectivity index (χ0n) is 17.2. The lowest BCUT2D eigenvalue weighted by Gasteiger charge is -2.14. The Morgan fingerprint density at radius 1 is 1.10 bits per heavy atom. The van der Waals surface area contributed by atoms with Crippen LogP contribution in [-0.4, -0.2) is 50.4 Å². The Morgan fingerprint density at radius 2 is 1.77 bits per heavy atom. The van der Waals surface area contributed by atoms with Crippen molar-refractivity contribution in [3.8, 4) is 5.75 Å². The Labute approximate surface area is 176 Å². The second-order valence-electron chi connectivity index (χ2n) is 6.84. The van der Waals surface area contributed by atoms with Crippen molar-refractivity contribution in [3.05, 3.63) is 53.6 Å². The molecule has 0 spiro atoms. The predicted molar refractivity (Wildman–Crippen MR) is 113 cm³/mol. The molecule has 0 unspecified atom stereocenters. The number of nitrogens with zero attached hydrogens (tertiary/aromatic N) is 1. The van der Waals surface area contributed by atoms with Crippen LogP contribution < -0.4 is 10.1 Å². The zero-order chi connectivity index (χ0) is 22.3. The Morgan fingerprint density at radius 3 is 2.33 bits per heavy atom. The zero-order valence-corrected chi connectivity index (χ0v) is 18.0.